The van der Waals surface area contributed by atoms with Crippen LogP contribution in [0.25, 0.3) is 0 Å². The van der Waals surface area contributed by atoms with Crippen LogP contribution in [-0.2, 0) is 4.74 Å². The fourth-order valence-corrected chi connectivity index (χ4v) is 2.22. The van der Waals surface area contributed by atoms with Gasteiger partial charge in [0.25, 0.3) is 0 Å². The SMILES string of the molecule is COCCCSc1ccc(C#N)c(Cl)c1. The Morgan fingerprint density at radius 3 is 2.93 bits per heavy atom. The van der Waals surface area contributed by atoms with Gasteiger partial charge in [0, 0.05) is 24.4 Å². The zero-order chi connectivity index (χ0) is 11.1. The second-order valence-electron chi connectivity index (χ2n) is 2.95. The standard InChI is InChI=1S/C11H12ClNOS/c1-14-5-2-6-15-10-4-3-9(8-13)11(12)7-10/h3-4,7H,2,5-6H2,1H3. The van der Waals surface area contributed by atoms with E-state index in [1.807, 2.05) is 18.2 Å². The molecule has 0 aliphatic heterocycles. The minimum atomic E-state index is 0.522. The number of nitrogens with zero attached hydrogens (tertiary/aromatic N) is 1. The Balaban J connectivity index is 2.49. The monoisotopic (exact) mass is 241 g/mol. The molecule has 0 aliphatic rings. The Hall–Kier alpha value is -0.690. The van der Waals surface area contributed by atoms with Crippen LogP contribution in [0.1, 0.15) is 12.0 Å². The van der Waals surface area contributed by atoms with Gasteiger partial charge in [-0.05, 0) is 24.6 Å². The summed E-state index contributed by atoms with van der Waals surface area (Å²) in [5.74, 6) is 0.996. The van der Waals surface area contributed by atoms with Gasteiger partial charge in [0.2, 0.25) is 0 Å². The summed E-state index contributed by atoms with van der Waals surface area (Å²) in [6.45, 7) is 0.775. The molecule has 80 valence electrons. The molecule has 0 aromatic heterocycles. The number of nitriles is 1. The second-order valence-corrected chi connectivity index (χ2v) is 4.52. The van der Waals surface area contributed by atoms with Crippen LogP contribution in [-0.4, -0.2) is 19.5 Å². The van der Waals surface area contributed by atoms with Crippen molar-refractivity contribution in [3.05, 3.63) is 28.8 Å². The number of thioether (sulfide) groups is 1. The van der Waals surface area contributed by atoms with E-state index in [9.17, 15) is 0 Å². The molecule has 0 bridgehead atoms. The Bertz CT molecular complexity index is 362. The highest BCUT2D eigenvalue weighted by Crippen LogP contribution is 2.24. The second kappa shape index (κ2) is 6.73. The molecule has 0 radical (unpaired) electrons. The van der Waals surface area contributed by atoms with Gasteiger partial charge >= 0.3 is 0 Å². The molecule has 1 rings (SSSR count). The van der Waals surface area contributed by atoms with E-state index in [1.165, 1.54) is 0 Å². The number of rotatable bonds is 5. The lowest BCUT2D eigenvalue weighted by Crippen LogP contribution is -1.90. The van der Waals surface area contributed by atoms with E-state index in [1.54, 1.807) is 24.9 Å². The number of halogens is 1. The van der Waals surface area contributed by atoms with E-state index in [4.69, 9.17) is 21.6 Å². The highest BCUT2D eigenvalue weighted by atomic mass is 35.5. The zero-order valence-corrected chi connectivity index (χ0v) is 10.1. The van der Waals surface area contributed by atoms with E-state index in [0.29, 0.717) is 10.6 Å². The maximum absolute atomic E-state index is 8.70. The molecule has 1 aromatic carbocycles. The van der Waals surface area contributed by atoms with Crippen LogP contribution in [0.4, 0.5) is 0 Å². The van der Waals surface area contributed by atoms with Crippen LogP contribution in [0.2, 0.25) is 5.02 Å². The van der Waals surface area contributed by atoms with Crippen molar-refractivity contribution in [3.63, 3.8) is 0 Å². The molecule has 0 aliphatic carbocycles. The van der Waals surface area contributed by atoms with Crippen molar-refractivity contribution in [2.45, 2.75) is 11.3 Å². The first-order valence-corrected chi connectivity index (χ1v) is 5.95. The highest BCUT2D eigenvalue weighted by Gasteiger charge is 2.01. The third-order valence-corrected chi connectivity index (χ3v) is 3.22. The van der Waals surface area contributed by atoms with Crippen LogP contribution in [0.3, 0.4) is 0 Å². The normalized spacial score (nSPS) is 9.93. The van der Waals surface area contributed by atoms with E-state index >= 15 is 0 Å². The molecule has 0 atom stereocenters. The van der Waals surface area contributed by atoms with Crippen molar-refractivity contribution >= 4 is 23.4 Å². The minimum Gasteiger partial charge on any atom is -0.385 e. The van der Waals surface area contributed by atoms with Gasteiger partial charge in [-0.15, -0.1) is 11.8 Å². The number of hydrogen-bond acceptors (Lipinski definition) is 3. The third-order valence-electron chi connectivity index (χ3n) is 1.82. The van der Waals surface area contributed by atoms with Crippen molar-refractivity contribution < 1.29 is 4.74 Å². The molecule has 2 nitrogen and oxygen atoms in total. The van der Waals surface area contributed by atoms with Gasteiger partial charge < -0.3 is 4.74 Å². The molecule has 15 heavy (non-hydrogen) atoms. The Morgan fingerprint density at radius 2 is 2.33 bits per heavy atom. The molecule has 0 unspecified atom stereocenters. The van der Waals surface area contributed by atoms with Crippen molar-refractivity contribution in [2.24, 2.45) is 0 Å². The molecule has 0 amide bonds. The van der Waals surface area contributed by atoms with Gasteiger partial charge in [0.05, 0.1) is 10.6 Å². The molecule has 4 heteroatoms. The lowest BCUT2D eigenvalue weighted by molar-refractivity contribution is 0.200. The zero-order valence-electron chi connectivity index (χ0n) is 8.50. The van der Waals surface area contributed by atoms with Gasteiger partial charge in [0.1, 0.15) is 6.07 Å². The Kier molecular flexibility index (Phi) is 5.56. The van der Waals surface area contributed by atoms with Gasteiger partial charge in [-0.1, -0.05) is 11.6 Å². The van der Waals surface area contributed by atoms with Gasteiger partial charge in [-0.3, -0.25) is 0 Å². The quantitative estimate of drug-likeness (QED) is 0.586. The topological polar surface area (TPSA) is 33.0 Å². The molecule has 0 spiro atoms. The first kappa shape index (κ1) is 12.4. The molecular weight excluding hydrogens is 230 g/mol. The lowest BCUT2D eigenvalue weighted by Gasteiger charge is -2.02. The smallest absolute Gasteiger partial charge is 0.101 e. The molecule has 1 aromatic rings. The molecule has 0 saturated carbocycles. The fourth-order valence-electron chi connectivity index (χ4n) is 1.07. The lowest BCUT2D eigenvalue weighted by atomic mass is 10.2. The van der Waals surface area contributed by atoms with Crippen molar-refractivity contribution in [1.29, 1.82) is 5.26 Å². The van der Waals surface area contributed by atoms with Crippen LogP contribution < -0.4 is 0 Å². The molecular formula is C11H12ClNOS. The fraction of sp³-hybridized carbons (Fsp3) is 0.364. The minimum absolute atomic E-state index is 0.522. The largest absolute Gasteiger partial charge is 0.385 e. The van der Waals surface area contributed by atoms with Crippen molar-refractivity contribution in [2.75, 3.05) is 19.5 Å². The van der Waals surface area contributed by atoms with Crippen LogP contribution in [0.15, 0.2) is 23.1 Å². The summed E-state index contributed by atoms with van der Waals surface area (Å²) in [4.78, 5) is 1.09. The Morgan fingerprint density at radius 1 is 1.53 bits per heavy atom. The number of benzene rings is 1. The summed E-state index contributed by atoms with van der Waals surface area (Å²) in [5.41, 5.74) is 0.526. The summed E-state index contributed by atoms with van der Waals surface area (Å²) in [6.07, 6.45) is 1.01. The molecule has 0 N–H and O–H groups in total. The van der Waals surface area contributed by atoms with E-state index < -0.39 is 0 Å². The Labute approximate surface area is 99.2 Å². The highest BCUT2D eigenvalue weighted by molar-refractivity contribution is 7.99. The third kappa shape index (κ3) is 4.13. The van der Waals surface area contributed by atoms with Gasteiger partial charge in [-0.25, -0.2) is 0 Å². The van der Waals surface area contributed by atoms with E-state index in [-0.39, 0.29) is 0 Å². The predicted molar refractivity (Wildman–Crippen MR) is 63.4 cm³/mol. The van der Waals surface area contributed by atoms with Gasteiger partial charge in [-0.2, -0.15) is 5.26 Å². The summed E-state index contributed by atoms with van der Waals surface area (Å²) in [7, 11) is 1.70. The molecule has 0 fully saturated rings. The summed E-state index contributed by atoms with van der Waals surface area (Å²) < 4.78 is 4.96. The molecule has 0 heterocycles. The summed E-state index contributed by atoms with van der Waals surface area (Å²) in [6, 6.07) is 7.54. The van der Waals surface area contributed by atoms with Crippen LogP contribution in [0, 0.1) is 11.3 Å². The first-order valence-electron chi connectivity index (χ1n) is 4.59. The number of methoxy groups -OCH3 is 1. The molecule has 0 saturated heterocycles. The van der Waals surface area contributed by atoms with Crippen molar-refractivity contribution in [3.8, 4) is 6.07 Å². The average Bonchev–Trinajstić information content (AvgIpc) is 2.25. The summed E-state index contributed by atoms with van der Waals surface area (Å²) in [5, 5.41) is 9.22. The average molecular weight is 242 g/mol. The first-order chi connectivity index (χ1) is 7.27. The van der Waals surface area contributed by atoms with Gasteiger partial charge in [0.15, 0.2) is 0 Å². The predicted octanol–water partition coefficient (Wildman–Crippen LogP) is 3.34. The maximum atomic E-state index is 8.70. The number of ether oxygens (including phenoxy) is 1. The summed E-state index contributed by atoms with van der Waals surface area (Å²) >= 11 is 7.63. The van der Waals surface area contributed by atoms with Crippen LogP contribution in [0.5, 0.6) is 0 Å². The van der Waals surface area contributed by atoms with E-state index in [0.717, 1.165) is 23.7 Å². The van der Waals surface area contributed by atoms with Crippen LogP contribution >= 0.6 is 23.4 Å². The maximum Gasteiger partial charge on any atom is 0.101 e. The van der Waals surface area contributed by atoms with Crippen molar-refractivity contribution in [1.82, 2.24) is 0 Å². The number of hydrogen-bond donors (Lipinski definition) is 0. The van der Waals surface area contributed by atoms with E-state index in [2.05, 4.69) is 0 Å².